The van der Waals surface area contributed by atoms with Gasteiger partial charge in [-0.2, -0.15) is 0 Å². The number of aryl methyl sites for hydroxylation is 1. The lowest BCUT2D eigenvalue weighted by atomic mass is 10.0. The Bertz CT molecular complexity index is 445. The van der Waals surface area contributed by atoms with E-state index in [2.05, 4.69) is 37.1 Å². The van der Waals surface area contributed by atoms with Crippen molar-refractivity contribution in [2.75, 3.05) is 13.1 Å². The average molecular weight is 259 g/mol. The lowest BCUT2D eigenvalue weighted by Gasteiger charge is -2.28. The third kappa shape index (κ3) is 4.42. The van der Waals surface area contributed by atoms with Crippen molar-refractivity contribution >= 4 is 5.97 Å². The van der Waals surface area contributed by atoms with Gasteiger partial charge in [0.1, 0.15) is 0 Å². The molecule has 19 heavy (non-hydrogen) atoms. The number of nitrogens with zero attached hydrogens (tertiary/aromatic N) is 1. The maximum atomic E-state index is 10.9. The van der Waals surface area contributed by atoms with E-state index < -0.39 is 5.97 Å². The first-order chi connectivity index (χ1) is 9.12. The molecular weight excluding hydrogens is 238 g/mol. The Balaban J connectivity index is 2.94. The standard InChI is InChI=1S/C16H21NO2/c1-4-11-17(12-16(18)19)15(6-3)14-9-7-13(5-2)8-10-14/h1,7-10,15H,5-6,11-12H2,2-3H3,(H,18,19). The van der Waals surface area contributed by atoms with Crippen LogP contribution in [0.2, 0.25) is 0 Å². The minimum Gasteiger partial charge on any atom is -0.480 e. The van der Waals surface area contributed by atoms with Crippen LogP contribution >= 0.6 is 0 Å². The fourth-order valence-corrected chi connectivity index (χ4v) is 2.25. The second-order valence-corrected chi connectivity index (χ2v) is 4.52. The largest absolute Gasteiger partial charge is 0.480 e. The van der Waals surface area contributed by atoms with Gasteiger partial charge >= 0.3 is 5.97 Å². The maximum absolute atomic E-state index is 10.9. The number of carbonyl (C=O) groups is 1. The van der Waals surface area contributed by atoms with E-state index in [-0.39, 0.29) is 12.6 Å². The molecule has 0 bridgehead atoms. The summed E-state index contributed by atoms with van der Waals surface area (Å²) in [5, 5.41) is 8.97. The third-order valence-corrected chi connectivity index (χ3v) is 3.23. The third-order valence-electron chi connectivity index (χ3n) is 3.23. The highest BCUT2D eigenvalue weighted by molar-refractivity contribution is 5.69. The first-order valence-electron chi connectivity index (χ1n) is 6.60. The molecule has 0 saturated heterocycles. The second-order valence-electron chi connectivity index (χ2n) is 4.52. The van der Waals surface area contributed by atoms with E-state index in [4.69, 9.17) is 11.5 Å². The van der Waals surface area contributed by atoms with Gasteiger partial charge in [-0.1, -0.05) is 44.0 Å². The topological polar surface area (TPSA) is 40.5 Å². The Labute approximate surface area is 115 Å². The van der Waals surface area contributed by atoms with E-state index in [1.807, 2.05) is 11.8 Å². The van der Waals surface area contributed by atoms with E-state index in [1.165, 1.54) is 5.56 Å². The fourth-order valence-electron chi connectivity index (χ4n) is 2.25. The van der Waals surface area contributed by atoms with Crippen LogP contribution in [0.3, 0.4) is 0 Å². The van der Waals surface area contributed by atoms with Crippen LogP contribution in [0.15, 0.2) is 24.3 Å². The van der Waals surface area contributed by atoms with Crippen LogP contribution in [0.25, 0.3) is 0 Å². The number of carboxylic acid groups (broad SMARTS) is 1. The Kier molecular flexibility index (Phi) is 6.11. The van der Waals surface area contributed by atoms with Crippen LogP contribution in [0, 0.1) is 12.3 Å². The Morgan fingerprint density at radius 1 is 1.37 bits per heavy atom. The number of carboxylic acids is 1. The van der Waals surface area contributed by atoms with Gasteiger partial charge < -0.3 is 5.11 Å². The van der Waals surface area contributed by atoms with Crippen molar-refractivity contribution in [3.63, 3.8) is 0 Å². The van der Waals surface area contributed by atoms with Gasteiger partial charge in [-0.3, -0.25) is 9.69 Å². The summed E-state index contributed by atoms with van der Waals surface area (Å²) in [5.74, 6) is 1.69. The van der Waals surface area contributed by atoms with Crippen LogP contribution < -0.4 is 0 Å². The predicted molar refractivity (Wildman–Crippen MR) is 76.9 cm³/mol. The first-order valence-corrected chi connectivity index (χ1v) is 6.60. The van der Waals surface area contributed by atoms with Crippen molar-refractivity contribution in [3.05, 3.63) is 35.4 Å². The average Bonchev–Trinajstić information content (AvgIpc) is 2.40. The van der Waals surface area contributed by atoms with E-state index in [1.54, 1.807) is 0 Å². The molecular formula is C16H21NO2. The van der Waals surface area contributed by atoms with Crippen molar-refractivity contribution in [2.45, 2.75) is 32.7 Å². The molecule has 1 unspecified atom stereocenters. The molecule has 0 aliphatic rings. The quantitative estimate of drug-likeness (QED) is 0.765. The molecule has 3 nitrogen and oxygen atoms in total. The number of hydrogen-bond donors (Lipinski definition) is 1. The molecule has 0 radical (unpaired) electrons. The molecule has 0 amide bonds. The monoisotopic (exact) mass is 259 g/mol. The molecule has 1 aromatic carbocycles. The molecule has 1 aromatic rings. The molecule has 1 atom stereocenters. The van der Waals surface area contributed by atoms with Crippen molar-refractivity contribution in [3.8, 4) is 12.3 Å². The Hall–Kier alpha value is -1.79. The normalized spacial score (nSPS) is 12.1. The number of terminal acetylenes is 1. The molecule has 3 heteroatoms. The van der Waals surface area contributed by atoms with Crippen LogP contribution in [-0.4, -0.2) is 29.1 Å². The van der Waals surface area contributed by atoms with Gasteiger partial charge in [-0.15, -0.1) is 6.42 Å². The van der Waals surface area contributed by atoms with Crippen LogP contribution in [0.5, 0.6) is 0 Å². The van der Waals surface area contributed by atoms with E-state index in [0.717, 1.165) is 18.4 Å². The summed E-state index contributed by atoms with van der Waals surface area (Å²) < 4.78 is 0. The second kappa shape index (κ2) is 7.60. The van der Waals surface area contributed by atoms with E-state index in [9.17, 15) is 4.79 Å². The number of rotatable bonds is 7. The molecule has 0 spiro atoms. The molecule has 0 saturated carbocycles. The minimum atomic E-state index is -0.848. The van der Waals surface area contributed by atoms with E-state index in [0.29, 0.717) is 6.54 Å². The number of hydrogen-bond acceptors (Lipinski definition) is 2. The lowest BCUT2D eigenvalue weighted by molar-refractivity contribution is -0.138. The first kappa shape index (κ1) is 15.3. The van der Waals surface area contributed by atoms with Gasteiger partial charge in [0.25, 0.3) is 0 Å². The highest BCUT2D eigenvalue weighted by Crippen LogP contribution is 2.24. The zero-order valence-electron chi connectivity index (χ0n) is 11.6. The van der Waals surface area contributed by atoms with Gasteiger partial charge in [-0.05, 0) is 24.0 Å². The van der Waals surface area contributed by atoms with Crippen molar-refractivity contribution in [1.29, 1.82) is 0 Å². The lowest BCUT2D eigenvalue weighted by Crippen LogP contribution is -2.33. The summed E-state index contributed by atoms with van der Waals surface area (Å²) in [6, 6.07) is 8.37. The molecule has 1 rings (SSSR count). The minimum absolute atomic E-state index is 0.0295. The molecule has 0 aromatic heterocycles. The Morgan fingerprint density at radius 3 is 2.42 bits per heavy atom. The van der Waals surface area contributed by atoms with Crippen molar-refractivity contribution in [2.24, 2.45) is 0 Å². The van der Waals surface area contributed by atoms with Gasteiger partial charge in [-0.25, -0.2) is 0 Å². The summed E-state index contributed by atoms with van der Waals surface area (Å²) in [6.07, 6.45) is 7.17. The maximum Gasteiger partial charge on any atom is 0.317 e. The summed E-state index contributed by atoms with van der Waals surface area (Å²) in [7, 11) is 0. The van der Waals surface area contributed by atoms with Gasteiger partial charge in [0.2, 0.25) is 0 Å². The smallest absolute Gasteiger partial charge is 0.317 e. The summed E-state index contributed by atoms with van der Waals surface area (Å²) in [6.45, 7) is 4.48. The van der Waals surface area contributed by atoms with Gasteiger partial charge in [0.05, 0.1) is 13.1 Å². The zero-order chi connectivity index (χ0) is 14.3. The number of benzene rings is 1. The summed E-state index contributed by atoms with van der Waals surface area (Å²) in [4.78, 5) is 12.7. The van der Waals surface area contributed by atoms with E-state index >= 15 is 0 Å². The molecule has 0 aliphatic heterocycles. The fraction of sp³-hybridized carbons (Fsp3) is 0.438. The molecule has 0 aliphatic carbocycles. The highest BCUT2D eigenvalue weighted by atomic mass is 16.4. The molecule has 0 heterocycles. The van der Waals surface area contributed by atoms with Crippen molar-refractivity contribution < 1.29 is 9.90 Å². The van der Waals surface area contributed by atoms with Crippen LogP contribution in [0.1, 0.15) is 37.4 Å². The van der Waals surface area contributed by atoms with Crippen LogP contribution in [-0.2, 0) is 11.2 Å². The Morgan fingerprint density at radius 2 is 2.00 bits per heavy atom. The zero-order valence-corrected chi connectivity index (χ0v) is 11.6. The SMILES string of the molecule is C#CCN(CC(=O)O)C(CC)c1ccc(CC)cc1. The summed E-state index contributed by atoms with van der Waals surface area (Å²) >= 11 is 0. The summed E-state index contributed by atoms with van der Waals surface area (Å²) in [5.41, 5.74) is 2.40. The molecule has 0 fully saturated rings. The van der Waals surface area contributed by atoms with Gasteiger partial charge in [0.15, 0.2) is 0 Å². The highest BCUT2D eigenvalue weighted by Gasteiger charge is 2.20. The van der Waals surface area contributed by atoms with Gasteiger partial charge in [0, 0.05) is 6.04 Å². The predicted octanol–water partition coefficient (Wildman–Crippen LogP) is 2.72. The molecule has 1 N–H and O–H groups in total. The van der Waals surface area contributed by atoms with Crippen LogP contribution in [0.4, 0.5) is 0 Å². The molecule has 102 valence electrons. The van der Waals surface area contributed by atoms with Crippen molar-refractivity contribution in [1.82, 2.24) is 4.90 Å². The number of aliphatic carboxylic acids is 1.